The van der Waals surface area contributed by atoms with Gasteiger partial charge in [-0.1, -0.05) is 0 Å². The molecule has 0 spiro atoms. The van der Waals surface area contributed by atoms with Crippen LogP contribution in [0.3, 0.4) is 0 Å². The van der Waals surface area contributed by atoms with Crippen molar-refractivity contribution in [2.45, 2.75) is 31.6 Å². The van der Waals surface area contributed by atoms with Gasteiger partial charge in [-0.05, 0) is 18.9 Å². The Morgan fingerprint density at radius 2 is 2.53 bits per heavy atom. The molecule has 1 aliphatic rings. The van der Waals surface area contributed by atoms with Gasteiger partial charge in [0, 0.05) is 25.9 Å². The molecule has 0 aliphatic carbocycles. The summed E-state index contributed by atoms with van der Waals surface area (Å²) in [6.45, 7) is 2.83. The lowest BCUT2D eigenvalue weighted by atomic mass is 10.2. The van der Waals surface area contributed by atoms with Gasteiger partial charge in [0.25, 0.3) is 0 Å². The molecule has 0 radical (unpaired) electrons. The van der Waals surface area contributed by atoms with Gasteiger partial charge in [0.15, 0.2) is 0 Å². The number of aliphatic hydroxyl groups excluding tert-OH is 1. The van der Waals surface area contributed by atoms with Gasteiger partial charge in [0.1, 0.15) is 6.33 Å². The highest BCUT2D eigenvalue weighted by Crippen LogP contribution is 2.11. The first-order valence-corrected chi connectivity index (χ1v) is 6.67. The molecule has 2 rings (SSSR count). The second-order valence-electron chi connectivity index (χ2n) is 4.66. The van der Waals surface area contributed by atoms with Gasteiger partial charge in [-0.3, -0.25) is 0 Å². The molecule has 1 aromatic rings. The number of hydrogen-bond donors (Lipinski definition) is 2. The lowest BCUT2D eigenvalue weighted by Gasteiger charge is -2.14. The third kappa shape index (κ3) is 5.61. The van der Waals surface area contributed by atoms with Gasteiger partial charge in [-0.25, -0.2) is 9.97 Å². The summed E-state index contributed by atoms with van der Waals surface area (Å²) in [5.41, 5.74) is 0.905. The van der Waals surface area contributed by atoms with Crippen LogP contribution in [0.25, 0.3) is 0 Å². The van der Waals surface area contributed by atoms with Crippen molar-refractivity contribution in [3.8, 4) is 0 Å². The largest absolute Gasteiger partial charge is 0.389 e. The second kappa shape index (κ2) is 8.16. The maximum Gasteiger partial charge on any atom is 0.115 e. The minimum absolute atomic E-state index is 0.209. The molecule has 2 unspecified atom stereocenters. The Morgan fingerprint density at radius 1 is 1.58 bits per heavy atom. The predicted octanol–water partition coefficient (Wildman–Crippen LogP) is 0.123. The quantitative estimate of drug-likeness (QED) is 0.697. The molecule has 0 bridgehead atoms. The van der Waals surface area contributed by atoms with Gasteiger partial charge in [0.05, 0.1) is 31.1 Å². The van der Waals surface area contributed by atoms with E-state index in [4.69, 9.17) is 9.47 Å². The first kappa shape index (κ1) is 14.3. The first-order chi connectivity index (χ1) is 9.34. The van der Waals surface area contributed by atoms with E-state index >= 15 is 0 Å². The Bertz CT molecular complexity index is 344. The highest BCUT2D eigenvalue weighted by Gasteiger charge is 2.15. The summed E-state index contributed by atoms with van der Waals surface area (Å²) in [5, 5.41) is 12.9. The van der Waals surface area contributed by atoms with Crippen molar-refractivity contribution in [3.05, 3.63) is 24.3 Å². The van der Waals surface area contributed by atoms with Gasteiger partial charge >= 0.3 is 0 Å². The molecule has 0 saturated carbocycles. The average Bonchev–Trinajstić information content (AvgIpc) is 2.93. The summed E-state index contributed by atoms with van der Waals surface area (Å²) >= 11 is 0. The lowest BCUT2D eigenvalue weighted by molar-refractivity contribution is -0.0164. The highest BCUT2D eigenvalue weighted by atomic mass is 16.5. The minimum Gasteiger partial charge on any atom is -0.389 e. The average molecular weight is 267 g/mol. The molecule has 1 aromatic heterocycles. The van der Waals surface area contributed by atoms with Crippen LogP contribution in [0.5, 0.6) is 0 Å². The van der Waals surface area contributed by atoms with Crippen LogP contribution < -0.4 is 5.32 Å². The van der Waals surface area contributed by atoms with Crippen LogP contribution in [0.1, 0.15) is 18.5 Å². The number of nitrogens with one attached hydrogen (secondary N) is 1. The summed E-state index contributed by atoms with van der Waals surface area (Å²) in [7, 11) is 0. The Morgan fingerprint density at radius 3 is 3.26 bits per heavy atom. The highest BCUT2D eigenvalue weighted by molar-refractivity contribution is 4.96. The Labute approximate surface area is 113 Å². The van der Waals surface area contributed by atoms with Crippen LogP contribution in [-0.4, -0.2) is 53.6 Å². The molecule has 1 fully saturated rings. The van der Waals surface area contributed by atoms with Crippen molar-refractivity contribution in [3.63, 3.8) is 0 Å². The van der Waals surface area contributed by atoms with Crippen LogP contribution in [0, 0.1) is 0 Å². The van der Waals surface area contributed by atoms with Gasteiger partial charge in [-0.2, -0.15) is 0 Å². The number of hydrogen-bond acceptors (Lipinski definition) is 6. The third-order valence-electron chi connectivity index (χ3n) is 2.97. The molecule has 1 aliphatic heterocycles. The van der Waals surface area contributed by atoms with Crippen molar-refractivity contribution in [1.82, 2.24) is 15.3 Å². The number of aromatic nitrogens is 2. The first-order valence-electron chi connectivity index (χ1n) is 6.67. The number of nitrogens with zero attached hydrogens (tertiary/aromatic N) is 2. The Hall–Kier alpha value is -1.08. The summed E-state index contributed by atoms with van der Waals surface area (Å²) in [6, 6.07) is 1.84. The molecule has 6 nitrogen and oxygen atoms in total. The Kier molecular flexibility index (Phi) is 6.16. The normalized spacial score (nSPS) is 20.6. The van der Waals surface area contributed by atoms with E-state index in [-0.39, 0.29) is 6.10 Å². The maximum absolute atomic E-state index is 9.74. The predicted molar refractivity (Wildman–Crippen MR) is 69.5 cm³/mol. The van der Waals surface area contributed by atoms with Crippen molar-refractivity contribution >= 4 is 0 Å². The van der Waals surface area contributed by atoms with Gasteiger partial charge < -0.3 is 19.9 Å². The zero-order valence-corrected chi connectivity index (χ0v) is 11.0. The topological polar surface area (TPSA) is 76.5 Å². The fourth-order valence-corrected chi connectivity index (χ4v) is 1.96. The van der Waals surface area contributed by atoms with Crippen LogP contribution in [0.15, 0.2) is 18.6 Å². The van der Waals surface area contributed by atoms with E-state index in [1.165, 1.54) is 6.33 Å². The summed E-state index contributed by atoms with van der Waals surface area (Å²) in [4.78, 5) is 7.93. The van der Waals surface area contributed by atoms with E-state index < -0.39 is 6.10 Å². The Balaban J connectivity index is 1.51. The SMILES string of the molecule is OC(CNCc1ccncn1)COCC1CCCO1. The molecule has 106 valence electrons. The molecule has 2 atom stereocenters. The van der Waals surface area contributed by atoms with Crippen LogP contribution in [0.2, 0.25) is 0 Å². The molecular formula is C13H21N3O3. The van der Waals surface area contributed by atoms with E-state index in [0.717, 1.165) is 25.1 Å². The fourth-order valence-electron chi connectivity index (χ4n) is 1.96. The zero-order chi connectivity index (χ0) is 13.3. The zero-order valence-electron chi connectivity index (χ0n) is 11.0. The monoisotopic (exact) mass is 267 g/mol. The molecule has 1 saturated heterocycles. The number of aliphatic hydroxyl groups is 1. The summed E-state index contributed by atoms with van der Waals surface area (Å²) in [6.07, 6.45) is 5.08. The van der Waals surface area contributed by atoms with Crippen LogP contribution in [-0.2, 0) is 16.0 Å². The molecule has 19 heavy (non-hydrogen) atoms. The summed E-state index contributed by atoms with van der Waals surface area (Å²) < 4.78 is 10.9. The van der Waals surface area contributed by atoms with E-state index in [1.54, 1.807) is 6.20 Å². The third-order valence-corrected chi connectivity index (χ3v) is 2.97. The fraction of sp³-hybridized carbons (Fsp3) is 0.692. The smallest absolute Gasteiger partial charge is 0.115 e. The van der Waals surface area contributed by atoms with Crippen molar-refractivity contribution in [2.24, 2.45) is 0 Å². The summed E-state index contributed by atoms with van der Waals surface area (Å²) in [5.74, 6) is 0. The van der Waals surface area contributed by atoms with Crippen LogP contribution in [0.4, 0.5) is 0 Å². The minimum atomic E-state index is -0.511. The van der Waals surface area contributed by atoms with E-state index in [2.05, 4.69) is 15.3 Å². The van der Waals surface area contributed by atoms with Crippen molar-refractivity contribution < 1.29 is 14.6 Å². The second-order valence-corrected chi connectivity index (χ2v) is 4.66. The van der Waals surface area contributed by atoms with Crippen molar-refractivity contribution in [2.75, 3.05) is 26.4 Å². The van der Waals surface area contributed by atoms with E-state index in [1.807, 2.05) is 6.07 Å². The maximum atomic E-state index is 9.74. The van der Waals surface area contributed by atoms with E-state index in [0.29, 0.717) is 26.3 Å². The molecular weight excluding hydrogens is 246 g/mol. The molecule has 0 amide bonds. The molecule has 0 aromatic carbocycles. The standard InChI is InChI=1S/C13H21N3O3/c17-12(8-18-9-13-2-1-5-19-13)7-15-6-11-3-4-14-10-16-11/h3-4,10,12-13,15,17H,1-2,5-9H2. The van der Waals surface area contributed by atoms with Crippen molar-refractivity contribution in [1.29, 1.82) is 0 Å². The molecule has 2 N–H and O–H groups in total. The molecule has 2 heterocycles. The van der Waals surface area contributed by atoms with E-state index in [9.17, 15) is 5.11 Å². The van der Waals surface area contributed by atoms with Gasteiger partial charge in [-0.15, -0.1) is 0 Å². The van der Waals surface area contributed by atoms with Gasteiger partial charge in [0.2, 0.25) is 0 Å². The number of rotatable bonds is 8. The molecule has 6 heteroatoms. The number of ether oxygens (including phenoxy) is 2. The lowest BCUT2D eigenvalue weighted by Crippen LogP contribution is -2.31. The van der Waals surface area contributed by atoms with Crippen LogP contribution >= 0.6 is 0 Å².